The predicted molar refractivity (Wildman–Crippen MR) is 43.6 cm³/mol. The molecule has 0 radical (unpaired) electrons. The van der Waals surface area contributed by atoms with Crippen LogP contribution in [-0.2, 0) is 4.74 Å². The van der Waals surface area contributed by atoms with E-state index >= 15 is 0 Å². The van der Waals surface area contributed by atoms with Gasteiger partial charge in [0.1, 0.15) is 0 Å². The van der Waals surface area contributed by atoms with Gasteiger partial charge in [-0.15, -0.1) is 0 Å². The van der Waals surface area contributed by atoms with Gasteiger partial charge in [0, 0.05) is 13.1 Å². The van der Waals surface area contributed by atoms with Crippen LogP contribution in [0.1, 0.15) is 13.8 Å². The molecule has 10 heavy (non-hydrogen) atoms. The fourth-order valence-electron chi connectivity index (χ4n) is 0.523. The SMILES string of the molecule is C/C=C(C)/C=C(\NC)OC. The Morgan fingerprint density at radius 1 is 1.50 bits per heavy atom. The van der Waals surface area contributed by atoms with E-state index in [4.69, 9.17) is 4.74 Å². The largest absolute Gasteiger partial charge is 0.483 e. The summed E-state index contributed by atoms with van der Waals surface area (Å²) in [6.45, 7) is 4.02. The smallest absolute Gasteiger partial charge is 0.186 e. The van der Waals surface area contributed by atoms with Gasteiger partial charge in [-0.05, 0) is 13.8 Å². The van der Waals surface area contributed by atoms with Gasteiger partial charge in [0.2, 0.25) is 0 Å². The summed E-state index contributed by atoms with van der Waals surface area (Å²) in [5.41, 5.74) is 1.19. The lowest BCUT2D eigenvalue weighted by molar-refractivity contribution is 0.268. The summed E-state index contributed by atoms with van der Waals surface area (Å²) in [6.07, 6.45) is 3.97. The van der Waals surface area contributed by atoms with Crippen molar-refractivity contribution in [2.24, 2.45) is 0 Å². The van der Waals surface area contributed by atoms with Gasteiger partial charge in [-0.3, -0.25) is 0 Å². The zero-order valence-corrected chi connectivity index (χ0v) is 7.06. The van der Waals surface area contributed by atoms with Crippen LogP contribution < -0.4 is 5.32 Å². The van der Waals surface area contributed by atoms with E-state index in [9.17, 15) is 0 Å². The highest BCUT2D eigenvalue weighted by atomic mass is 16.5. The third-order valence-corrected chi connectivity index (χ3v) is 1.28. The average Bonchev–Trinajstić information content (AvgIpc) is 1.99. The van der Waals surface area contributed by atoms with Crippen molar-refractivity contribution in [2.75, 3.05) is 14.2 Å². The standard InChI is InChI=1S/C8H15NO/c1-5-7(2)6-8(9-3)10-4/h5-6,9H,1-4H3/b7-5+,8-6+. The molecule has 0 rings (SSSR count). The van der Waals surface area contributed by atoms with Crippen molar-refractivity contribution >= 4 is 0 Å². The number of methoxy groups -OCH3 is 1. The lowest BCUT2D eigenvalue weighted by Gasteiger charge is -2.03. The Bertz CT molecular complexity index is 141. The average molecular weight is 141 g/mol. The maximum Gasteiger partial charge on any atom is 0.186 e. The monoisotopic (exact) mass is 141 g/mol. The van der Waals surface area contributed by atoms with Crippen molar-refractivity contribution in [3.8, 4) is 0 Å². The van der Waals surface area contributed by atoms with Crippen LogP contribution >= 0.6 is 0 Å². The summed E-state index contributed by atoms with van der Waals surface area (Å²) < 4.78 is 4.98. The highest BCUT2D eigenvalue weighted by Gasteiger charge is 1.88. The van der Waals surface area contributed by atoms with Gasteiger partial charge in [-0.2, -0.15) is 0 Å². The maximum absolute atomic E-state index is 4.98. The van der Waals surface area contributed by atoms with Gasteiger partial charge in [-0.25, -0.2) is 0 Å². The van der Waals surface area contributed by atoms with E-state index in [1.807, 2.05) is 33.0 Å². The van der Waals surface area contributed by atoms with E-state index in [-0.39, 0.29) is 0 Å². The number of nitrogens with one attached hydrogen (secondary N) is 1. The summed E-state index contributed by atoms with van der Waals surface area (Å²) in [5.74, 6) is 0.788. The van der Waals surface area contributed by atoms with Crippen molar-refractivity contribution in [3.63, 3.8) is 0 Å². The van der Waals surface area contributed by atoms with Crippen LogP contribution in [0.4, 0.5) is 0 Å². The second kappa shape index (κ2) is 4.91. The van der Waals surface area contributed by atoms with E-state index < -0.39 is 0 Å². The van der Waals surface area contributed by atoms with Gasteiger partial charge < -0.3 is 10.1 Å². The molecule has 1 N–H and O–H groups in total. The van der Waals surface area contributed by atoms with Gasteiger partial charge >= 0.3 is 0 Å². The maximum atomic E-state index is 4.98. The zero-order valence-electron chi connectivity index (χ0n) is 7.06. The molecule has 0 bridgehead atoms. The second-order valence-corrected chi connectivity index (χ2v) is 2.00. The Kier molecular flexibility index (Phi) is 4.46. The van der Waals surface area contributed by atoms with Gasteiger partial charge in [-0.1, -0.05) is 11.6 Å². The summed E-state index contributed by atoms with van der Waals surface area (Å²) in [6, 6.07) is 0. The van der Waals surface area contributed by atoms with Gasteiger partial charge in [0.05, 0.1) is 7.11 Å². The molecule has 0 fully saturated rings. The summed E-state index contributed by atoms with van der Waals surface area (Å²) in [5, 5.41) is 2.92. The first-order chi connectivity index (χ1) is 4.74. The van der Waals surface area contributed by atoms with E-state index in [1.54, 1.807) is 7.11 Å². The Balaban J connectivity index is 4.10. The third kappa shape index (κ3) is 3.17. The van der Waals surface area contributed by atoms with E-state index in [0.29, 0.717) is 0 Å². The van der Waals surface area contributed by atoms with Crippen molar-refractivity contribution in [3.05, 3.63) is 23.6 Å². The molecule has 0 aliphatic rings. The molecule has 0 aromatic rings. The topological polar surface area (TPSA) is 21.3 Å². The molecule has 2 nitrogen and oxygen atoms in total. The summed E-state index contributed by atoms with van der Waals surface area (Å²) in [4.78, 5) is 0. The Hall–Kier alpha value is -0.920. The highest BCUT2D eigenvalue weighted by Crippen LogP contribution is 1.98. The molecule has 0 spiro atoms. The molecule has 0 saturated carbocycles. The van der Waals surface area contributed by atoms with Gasteiger partial charge in [0.15, 0.2) is 5.88 Å². The number of ether oxygens (including phenoxy) is 1. The van der Waals surface area contributed by atoms with Crippen molar-refractivity contribution in [2.45, 2.75) is 13.8 Å². The molecule has 0 aliphatic carbocycles. The molecule has 0 aromatic heterocycles. The first-order valence-electron chi connectivity index (χ1n) is 3.31. The first kappa shape index (κ1) is 9.08. The molecule has 0 unspecified atom stereocenters. The molecule has 0 aliphatic heterocycles. The molecule has 0 atom stereocenters. The second-order valence-electron chi connectivity index (χ2n) is 2.00. The van der Waals surface area contributed by atoms with Crippen LogP contribution in [-0.4, -0.2) is 14.2 Å². The quantitative estimate of drug-likeness (QED) is 0.476. The highest BCUT2D eigenvalue weighted by molar-refractivity contribution is 5.16. The molecular formula is C8H15NO. The third-order valence-electron chi connectivity index (χ3n) is 1.28. The number of rotatable bonds is 3. The van der Waals surface area contributed by atoms with Crippen LogP contribution in [0.25, 0.3) is 0 Å². The minimum absolute atomic E-state index is 0.788. The Morgan fingerprint density at radius 2 is 2.10 bits per heavy atom. The van der Waals surface area contributed by atoms with Crippen molar-refractivity contribution < 1.29 is 4.74 Å². The normalized spacial score (nSPS) is 13.2. The number of hydrogen-bond acceptors (Lipinski definition) is 2. The van der Waals surface area contributed by atoms with Crippen LogP contribution in [0, 0.1) is 0 Å². The fraction of sp³-hybridized carbons (Fsp3) is 0.500. The van der Waals surface area contributed by atoms with Crippen LogP contribution in [0.5, 0.6) is 0 Å². The van der Waals surface area contributed by atoms with Crippen molar-refractivity contribution in [1.29, 1.82) is 0 Å². The lowest BCUT2D eigenvalue weighted by atomic mass is 10.3. The minimum atomic E-state index is 0.788. The van der Waals surface area contributed by atoms with Crippen LogP contribution in [0.15, 0.2) is 23.6 Å². The summed E-state index contributed by atoms with van der Waals surface area (Å²) in [7, 11) is 3.48. The molecule has 0 aromatic carbocycles. The Labute approximate surface area is 62.6 Å². The van der Waals surface area contributed by atoms with E-state index in [0.717, 1.165) is 5.88 Å². The fourth-order valence-corrected chi connectivity index (χ4v) is 0.523. The van der Waals surface area contributed by atoms with Crippen LogP contribution in [0.3, 0.4) is 0 Å². The van der Waals surface area contributed by atoms with E-state index in [2.05, 4.69) is 5.32 Å². The molecular weight excluding hydrogens is 126 g/mol. The molecule has 0 saturated heterocycles. The van der Waals surface area contributed by atoms with Gasteiger partial charge in [0.25, 0.3) is 0 Å². The first-order valence-corrected chi connectivity index (χ1v) is 3.31. The molecule has 0 amide bonds. The molecule has 2 heteroatoms. The Morgan fingerprint density at radius 3 is 2.40 bits per heavy atom. The van der Waals surface area contributed by atoms with E-state index in [1.165, 1.54) is 5.57 Å². The number of hydrogen-bond donors (Lipinski definition) is 1. The number of allylic oxidation sites excluding steroid dienone is 3. The molecule has 0 heterocycles. The minimum Gasteiger partial charge on any atom is -0.483 e. The van der Waals surface area contributed by atoms with Crippen molar-refractivity contribution in [1.82, 2.24) is 5.32 Å². The lowest BCUT2D eigenvalue weighted by Crippen LogP contribution is -2.07. The predicted octanol–water partition coefficient (Wildman–Crippen LogP) is 1.66. The summed E-state index contributed by atoms with van der Waals surface area (Å²) >= 11 is 0. The van der Waals surface area contributed by atoms with Crippen LogP contribution in [0.2, 0.25) is 0 Å². The zero-order chi connectivity index (χ0) is 7.98. The molecule has 58 valence electrons.